The summed E-state index contributed by atoms with van der Waals surface area (Å²) in [6.07, 6.45) is 2.58. The second kappa shape index (κ2) is 4.58. The molecule has 2 N–H and O–H groups in total. The highest BCUT2D eigenvalue weighted by molar-refractivity contribution is 5.68. The fourth-order valence-corrected chi connectivity index (χ4v) is 1.37. The highest BCUT2D eigenvalue weighted by Gasteiger charge is 2.28. The van der Waals surface area contributed by atoms with E-state index in [2.05, 4.69) is 24.2 Å². The summed E-state index contributed by atoms with van der Waals surface area (Å²) in [5.74, 6) is -0.790. The Kier molecular flexibility index (Phi) is 3.69. The van der Waals surface area contributed by atoms with Crippen LogP contribution in [-0.2, 0) is 4.79 Å². The molecule has 13 heavy (non-hydrogen) atoms. The van der Waals surface area contributed by atoms with Gasteiger partial charge in [0.15, 0.2) is 0 Å². The number of carbonyl (C=O) groups is 1. The van der Waals surface area contributed by atoms with Gasteiger partial charge in [0.2, 0.25) is 0 Å². The molecule has 1 atom stereocenters. The van der Waals surface area contributed by atoms with Crippen molar-refractivity contribution in [1.29, 1.82) is 0 Å². The summed E-state index contributed by atoms with van der Waals surface area (Å²) in [5, 5.41) is 11.3. The van der Waals surface area contributed by atoms with Gasteiger partial charge >= 0.3 is 5.97 Å². The number of aliphatic carboxylic acids is 1. The summed E-state index contributed by atoms with van der Waals surface area (Å²) >= 11 is 0. The summed E-state index contributed by atoms with van der Waals surface area (Å²) in [6, 6.07) is 1.16. The van der Waals surface area contributed by atoms with Gasteiger partial charge in [0, 0.05) is 18.6 Å². The molecule has 0 aromatic rings. The standard InChI is InChI=1S/C9H18N2O2/c1-7(5-10-6-9(12)13)11(2)8-3-4-8/h7-8,10H,3-6H2,1-2H3,(H,12,13). The van der Waals surface area contributed by atoms with E-state index in [9.17, 15) is 4.79 Å². The van der Waals surface area contributed by atoms with Crippen molar-refractivity contribution in [2.45, 2.75) is 31.8 Å². The Morgan fingerprint density at radius 1 is 1.69 bits per heavy atom. The van der Waals surface area contributed by atoms with Gasteiger partial charge in [-0.25, -0.2) is 0 Å². The lowest BCUT2D eigenvalue weighted by Gasteiger charge is -2.24. The van der Waals surface area contributed by atoms with Crippen molar-refractivity contribution < 1.29 is 9.90 Å². The molecule has 1 fully saturated rings. The van der Waals surface area contributed by atoms with Crippen LogP contribution in [0.3, 0.4) is 0 Å². The summed E-state index contributed by atoms with van der Waals surface area (Å²) < 4.78 is 0. The van der Waals surface area contributed by atoms with Crippen LogP contribution in [0.1, 0.15) is 19.8 Å². The molecule has 1 aliphatic rings. The van der Waals surface area contributed by atoms with E-state index in [-0.39, 0.29) is 6.54 Å². The van der Waals surface area contributed by atoms with Gasteiger partial charge in [0.1, 0.15) is 0 Å². The lowest BCUT2D eigenvalue weighted by molar-refractivity contribution is -0.136. The first-order chi connectivity index (χ1) is 6.11. The van der Waals surface area contributed by atoms with Crippen LogP contribution >= 0.6 is 0 Å². The number of likely N-dealkylation sites (N-methyl/N-ethyl adjacent to an activating group) is 1. The maximum Gasteiger partial charge on any atom is 0.317 e. The van der Waals surface area contributed by atoms with Gasteiger partial charge in [0.25, 0.3) is 0 Å². The Bertz CT molecular complexity index is 180. The van der Waals surface area contributed by atoms with Gasteiger partial charge in [0.05, 0.1) is 6.54 Å². The Morgan fingerprint density at radius 2 is 2.31 bits per heavy atom. The predicted molar refractivity (Wildman–Crippen MR) is 50.8 cm³/mol. The zero-order valence-electron chi connectivity index (χ0n) is 8.29. The molecular weight excluding hydrogens is 168 g/mol. The lowest BCUT2D eigenvalue weighted by atomic mass is 10.3. The van der Waals surface area contributed by atoms with Crippen molar-refractivity contribution in [1.82, 2.24) is 10.2 Å². The number of rotatable bonds is 6. The third-order valence-electron chi connectivity index (χ3n) is 2.53. The Morgan fingerprint density at radius 3 is 2.77 bits per heavy atom. The average molecular weight is 186 g/mol. The van der Waals surface area contributed by atoms with E-state index in [1.54, 1.807) is 0 Å². The van der Waals surface area contributed by atoms with E-state index in [0.29, 0.717) is 6.04 Å². The zero-order valence-corrected chi connectivity index (χ0v) is 8.29. The van der Waals surface area contributed by atoms with Crippen LogP contribution in [0.2, 0.25) is 0 Å². The molecular formula is C9H18N2O2. The van der Waals surface area contributed by atoms with Crippen LogP contribution in [0.25, 0.3) is 0 Å². The molecule has 0 amide bonds. The predicted octanol–water partition coefficient (Wildman–Crippen LogP) is 0.143. The number of hydrogen-bond donors (Lipinski definition) is 2. The van der Waals surface area contributed by atoms with E-state index < -0.39 is 5.97 Å². The first-order valence-corrected chi connectivity index (χ1v) is 4.75. The minimum Gasteiger partial charge on any atom is -0.480 e. The van der Waals surface area contributed by atoms with Crippen molar-refractivity contribution in [2.75, 3.05) is 20.1 Å². The van der Waals surface area contributed by atoms with Crippen LogP contribution in [0.4, 0.5) is 0 Å². The Balaban J connectivity index is 2.09. The van der Waals surface area contributed by atoms with Gasteiger partial charge in [-0.3, -0.25) is 9.69 Å². The van der Waals surface area contributed by atoms with Crippen molar-refractivity contribution in [3.05, 3.63) is 0 Å². The van der Waals surface area contributed by atoms with Gasteiger partial charge in [-0.05, 0) is 26.8 Å². The number of carboxylic acids is 1. The van der Waals surface area contributed by atoms with E-state index in [1.807, 2.05) is 0 Å². The molecule has 0 aliphatic heterocycles. The number of nitrogens with one attached hydrogen (secondary N) is 1. The van der Waals surface area contributed by atoms with E-state index in [1.165, 1.54) is 12.8 Å². The van der Waals surface area contributed by atoms with Gasteiger partial charge < -0.3 is 10.4 Å². The highest BCUT2D eigenvalue weighted by Crippen LogP contribution is 2.26. The summed E-state index contributed by atoms with van der Waals surface area (Å²) in [5.41, 5.74) is 0. The van der Waals surface area contributed by atoms with Crippen LogP contribution in [0.15, 0.2) is 0 Å². The molecule has 4 heteroatoms. The number of carboxylic acid groups (broad SMARTS) is 1. The van der Waals surface area contributed by atoms with Crippen molar-refractivity contribution in [3.8, 4) is 0 Å². The molecule has 0 saturated heterocycles. The first-order valence-electron chi connectivity index (χ1n) is 4.75. The lowest BCUT2D eigenvalue weighted by Crippen LogP contribution is -2.40. The Labute approximate surface area is 78.9 Å². The fourth-order valence-electron chi connectivity index (χ4n) is 1.37. The van der Waals surface area contributed by atoms with E-state index in [0.717, 1.165) is 12.6 Å². The molecule has 76 valence electrons. The molecule has 1 unspecified atom stereocenters. The molecule has 0 aromatic carbocycles. The summed E-state index contributed by atoms with van der Waals surface area (Å²) in [6.45, 7) is 2.93. The summed E-state index contributed by atoms with van der Waals surface area (Å²) in [7, 11) is 2.10. The largest absolute Gasteiger partial charge is 0.480 e. The second-order valence-corrected chi connectivity index (χ2v) is 3.77. The maximum absolute atomic E-state index is 10.2. The van der Waals surface area contributed by atoms with E-state index in [4.69, 9.17) is 5.11 Å². The van der Waals surface area contributed by atoms with Crippen LogP contribution in [0.5, 0.6) is 0 Å². The fraction of sp³-hybridized carbons (Fsp3) is 0.889. The molecule has 1 aliphatic carbocycles. The molecule has 0 aromatic heterocycles. The first kappa shape index (κ1) is 10.5. The van der Waals surface area contributed by atoms with Crippen molar-refractivity contribution in [2.24, 2.45) is 0 Å². The number of hydrogen-bond acceptors (Lipinski definition) is 3. The molecule has 4 nitrogen and oxygen atoms in total. The molecule has 1 saturated carbocycles. The van der Waals surface area contributed by atoms with Crippen LogP contribution in [-0.4, -0.2) is 48.2 Å². The molecule has 0 heterocycles. The normalized spacial score (nSPS) is 19.0. The van der Waals surface area contributed by atoms with Gasteiger partial charge in [-0.15, -0.1) is 0 Å². The van der Waals surface area contributed by atoms with Crippen molar-refractivity contribution >= 4 is 5.97 Å². The quantitative estimate of drug-likeness (QED) is 0.619. The minimum absolute atomic E-state index is 0.0584. The monoisotopic (exact) mass is 186 g/mol. The molecule has 1 rings (SSSR count). The molecule has 0 spiro atoms. The minimum atomic E-state index is -0.790. The van der Waals surface area contributed by atoms with Crippen LogP contribution in [0, 0.1) is 0 Å². The maximum atomic E-state index is 10.2. The SMILES string of the molecule is CC(CNCC(=O)O)N(C)C1CC1. The van der Waals surface area contributed by atoms with Crippen LogP contribution < -0.4 is 5.32 Å². The topological polar surface area (TPSA) is 52.6 Å². The van der Waals surface area contributed by atoms with Gasteiger partial charge in [-0.2, -0.15) is 0 Å². The second-order valence-electron chi connectivity index (χ2n) is 3.77. The third-order valence-corrected chi connectivity index (χ3v) is 2.53. The number of nitrogens with zero attached hydrogens (tertiary/aromatic N) is 1. The third kappa shape index (κ3) is 3.74. The Hall–Kier alpha value is -0.610. The molecule has 0 radical (unpaired) electrons. The highest BCUT2D eigenvalue weighted by atomic mass is 16.4. The zero-order chi connectivity index (χ0) is 9.84. The van der Waals surface area contributed by atoms with E-state index >= 15 is 0 Å². The smallest absolute Gasteiger partial charge is 0.317 e. The summed E-state index contributed by atoms with van der Waals surface area (Å²) in [4.78, 5) is 12.5. The van der Waals surface area contributed by atoms with Gasteiger partial charge in [-0.1, -0.05) is 0 Å². The average Bonchev–Trinajstić information content (AvgIpc) is 2.84. The van der Waals surface area contributed by atoms with Crippen molar-refractivity contribution in [3.63, 3.8) is 0 Å². The molecule has 0 bridgehead atoms.